The number of rotatable bonds is 5. The van der Waals surface area contributed by atoms with Gasteiger partial charge in [0.2, 0.25) is 5.91 Å². The van der Waals surface area contributed by atoms with Gasteiger partial charge in [-0.25, -0.2) is 14.1 Å². The summed E-state index contributed by atoms with van der Waals surface area (Å²) in [5.41, 5.74) is 6.86. The molecule has 1 fully saturated rings. The van der Waals surface area contributed by atoms with Crippen LogP contribution in [-0.2, 0) is 11.3 Å². The van der Waals surface area contributed by atoms with Crippen molar-refractivity contribution < 1.29 is 14.0 Å². The minimum atomic E-state index is -0.793. The van der Waals surface area contributed by atoms with Gasteiger partial charge < -0.3 is 21.3 Å². The molecular formula is C20H20FN9O2. The number of amides is 2. The average molecular weight is 437 g/mol. The van der Waals surface area contributed by atoms with Crippen LogP contribution in [-0.4, -0.2) is 43.8 Å². The molecule has 1 aromatic carbocycles. The molecule has 12 heteroatoms. The molecule has 0 atom stereocenters. The van der Waals surface area contributed by atoms with Crippen LogP contribution in [0.3, 0.4) is 0 Å². The highest BCUT2D eigenvalue weighted by molar-refractivity contribution is 5.99. The molecule has 0 unspecified atom stereocenters. The Morgan fingerprint density at radius 3 is 2.69 bits per heavy atom. The molecule has 0 radical (unpaired) electrons. The largest absolute Gasteiger partial charge is 0.364 e. The molecule has 0 spiro atoms. The number of aromatic nitrogens is 5. The Hall–Kier alpha value is -4.09. The summed E-state index contributed by atoms with van der Waals surface area (Å²) in [7, 11) is 1.80. The zero-order valence-corrected chi connectivity index (χ0v) is 17.4. The Bertz CT molecular complexity index is 1270. The Balaban J connectivity index is 1.57. The normalized spacial score (nSPS) is 14.5. The Kier molecular flexibility index (Phi) is 4.50. The van der Waals surface area contributed by atoms with Gasteiger partial charge in [0.15, 0.2) is 23.2 Å². The summed E-state index contributed by atoms with van der Waals surface area (Å²) in [4.78, 5) is 30.2. The van der Waals surface area contributed by atoms with Crippen molar-refractivity contribution in [2.24, 2.45) is 11.7 Å². The number of nitrogens with one attached hydrogen (secondary N) is 2. The number of hydrogen-bond acceptors (Lipinski definition) is 8. The van der Waals surface area contributed by atoms with E-state index in [1.165, 1.54) is 16.8 Å². The number of nitrogens with zero attached hydrogens (tertiary/aromatic N) is 6. The summed E-state index contributed by atoms with van der Waals surface area (Å²) in [6.45, 7) is 2.15. The number of fused-ring (bicyclic) bond motifs is 3. The quantitative estimate of drug-likeness (QED) is 0.546. The highest BCUT2D eigenvalue weighted by Crippen LogP contribution is 2.40. The third-order valence-corrected chi connectivity index (χ3v) is 5.35. The Labute approximate surface area is 181 Å². The predicted molar refractivity (Wildman–Crippen MR) is 113 cm³/mol. The molecule has 1 aliphatic heterocycles. The van der Waals surface area contributed by atoms with Crippen molar-refractivity contribution in [3.63, 3.8) is 0 Å². The van der Waals surface area contributed by atoms with Gasteiger partial charge in [-0.05, 0) is 31.9 Å². The van der Waals surface area contributed by atoms with Crippen LogP contribution < -0.4 is 21.3 Å². The molecule has 2 amide bonds. The van der Waals surface area contributed by atoms with Crippen LogP contribution in [0.2, 0.25) is 0 Å². The van der Waals surface area contributed by atoms with Crippen LogP contribution in [0.25, 0.3) is 5.69 Å². The fraction of sp³-hybridized carbons (Fsp3) is 0.300. The molecule has 164 valence electrons. The summed E-state index contributed by atoms with van der Waals surface area (Å²) in [5.74, 6) is -0.103. The van der Waals surface area contributed by atoms with Crippen LogP contribution in [0.5, 0.6) is 0 Å². The van der Waals surface area contributed by atoms with Gasteiger partial charge in [-0.1, -0.05) is 0 Å². The molecular weight excluding hydrogens is 417 g/mol. The van der Waals surface area contributed by atoms with Crippen LogP contribution in [0.4, 0.5) is 27.3 Å². The number of benzene rings is 1. The smallest absolute Gasteiger partial charge is 0.271 e. The first-order valence-electron chi connectivity index (χ1n) is 10.0. The summed E-state index contributed by atoms with van der Waals surface area (Å²) < 4.78 is 16.3. The van der Waals surface area contributed by atoms with Crippen molar-refractivity contribution >= 4 is 34.7 Å². The maximum absolute atomic E-state index is 14.9. The Morgan fingerprint density at radius 2 is 1.97 bits per heavy atom. The van der Waals surface area contributed by atoms with E-state index in [0.29, 0.717) is 29.6 Å². The lowest BCUT2D eigenvalue weighted by atomic mass is 10.1. The predicted octanol–water partition coefficient (Wildman–Crippen LogP) is 1.65. The summed E-state index contributed by atoms with van der Waals surface area (Å²) in [5, 5.41) is 17.9. The van der Waals surface area contributed by atoms with Crippen LogP contribution in [0.15, 0.2) is 18.2 Å². The van der Waals surface area contributed by atoms with E-state index in [4.69, 9.17) is 5.73 Å². The molecule has 11 nitrogen and oxygen atoms in total. The first-order valence-corrected chi connectivity index (χ1v) is 10.0. The lowest BCUT2D eigenvalue weighted by Gasteiger charge is -2.30. The monoisotopic (exact) mass is 437 g/mol. The van der Waals surface area contributed by atoms with Gasteiger partial charge in [-0.15, -0.1) is 10.2 Å². The number of carbonyl (C=O) groups excluding carboxylic acids is 2. The maximum Gasteiger partial charge on any atom is 0.271 e. The lowest BCUT2D eigenvalue weighted by molar-refractivity contribution is -0.117. The van der Waals surface area contributed by atoms with Gasteiger partial charge in [-0.3, -0.25) is 9.59 Å². The van der Waals surface area contributed by atoms with E-state index < -0.39 is 11.7 Å². The molecule has 3 heterocycles. The molecule has 0 bridgehead atoms. The summed E-state index contributed by atoms with van der Waals surface area (Å²) in [6.07, 6.45) is 1.67. The fourth-order valence-corrected chi connectivity index (χ4v) is 3.72. The molecule has 3 aromatic rings. The molecule has 2 aromatic heterocycles. The first kappa shape index (κ1) is 19.8. The lowest BCUT2D eigenvalue weighted by Crippen LogP contribution is -2.28. The van der Waals surface area contributed by atoms with E-state index >= 15 is 0 Å². The van der Waals surface area contributed by atoms with E-state index in [1.54, 1.807) is 20.0 Å². The van der Waals surface area contributed by atoms with Crippen molar-refractivity contribution in [2.45, 2.75) is 26.3 Å². The number of nitrogens with two attached hydrogens (primary N) is 1. The minimum Gasteiger partial charge on any atom is -0.364 e. The van der Waals surface area contributed by atoms with E-state index in [1.807, 2.05) is 4.90 Å². The van der Waals surface area contributed by atoms with E-state index in [9.17, 15) is 14.0 Å². The number of halogens is 1. The molecule has 5 rings (SSSR count). The van der Waals surface area contributed by atoms with Crippen molar-refractivity contribution in [1.29, 1.82) is 0 Å². The number of aryl methyl sites for hydroxylation is 1. The molecule has 1 aliphatic carbocycles. The minimum absolute atomic E-state index is 0.0258. The fourth-order valence-electron chi connectivity index (χ4n) is 3.72. The van der Waals surface area contributed by atoms with Gasteiger partial charge in [0, 0.05) is 19.0 Å². The van der Waals surface area contributed by atoms with Gasteiger partial charge in [-0.2, -0.15) is 5.10 Å². The van der Waals surface area contributed by atoms with Gasteiger partial charge >= 0.3 is 0 Å². The number of primary amides is 1. The molecule has 4 N–H and O–H groups in total. The topological polar surface area (TPSA) is 144 Å². The van der Waals surface area contributed by atoms with Crippen molar-refractivity contribution in [3.8, 4) is 5.69 Å². The van der Waals surface area contributed by atoms with Crippen molar-refractivity contribution in [3.05, 3.63) is 41.4 Å². The second-order valence-electron chi connectivity index (χ2n) is 7.88. The van der Waals surface area contributed by atoms with Crippen LogP contribution in [0, 0.1) is 18.7 Å². The number of carbonyl (C=O) groups is 2. The third-order valence-electron chi connectivity index (χ3n) is 5.35. The summed E-state index contributed by atoms with van der Waals surface area (Å²) >= 11 is 0. The zero-order chi connectivity index (χ0) is 22.6. The molecule has 0 saturated heterocycles. The third kappa shape index (κ3) is 3.39. The van der Waals surface area contributed by atoms with Crippen LogP contribution in [0.1, 0.15) is 35.0 Å². The Morgan fingerprint density at radius 1 is 1.19 bits per heavy atom. The van der Waals surface area contributed by atoms with Gasteiger partial charge in [0.1, 0.15) is 11.5 Å². The van der Waals surface area contributed by atoms with E-state index in [0.717, 1.165) is 12.8 Å². The molecule has 32 heavy (non-hydrogen) atoms. The zero-order valence-electron chi connectivity index (χ0n) is 17.4. The SMILES string of the molecule is Cc1nc2n(n1)-c1c(F)ccc(Nc3cc(NC(=O)C4CC4)nnc3C(N)=O)c1N(C)C2. The van der Waals surface area contributed by atoms with E-state index in [-0.39, 0.29) is 34.7 Å². The van der Waals surface area contributed by atoms with Crippen molar-refractivity contribution in [1.82, 2.24) is 25.0 Å². The average Bonchev–Trinajstić information content (AvgIpc) is 3.52. The van der Waals surface area contributed by atoms with E-state index in [2.05, 4.69) is 30.9 Å². The number of hydrogen-bond donors (Lipinski definition) is 3. The second-order valence-corrected chi connectivity index (χ2v) is 7.88. The van der Waals surface area contributed by atoms with Crippen molar-refractivity contribution in [2.75, 3.05) is 22.6 Å². The first-order chi connectivity index (χ1) is 15.3. The van der Waals surface area contributed by atoms with Gasteiger partial charge in [0.05, 0.1) is 23.6 Å². The highest BCUT2D eigenvalue weighted by Gasteiger charge is 2.31. The maximum atomic E-state index is 14.9. The molecule has 1 saturated carbocycles. The highest BCUT2D eigenvalue weighted by atomic mass is 19.1. The standard InChI is InChI=1S/C20H20FN9O2/c1-9-23-15-8-29(2)18-12(6-5-11(21)17(18)30(15)28-9)24-13-7-14(25-20(32)10-3-4-10)26-27-16(13)19(22)31/h5-7,10H,3-4,8H2,1-2H3,(H2,22,31)(H2,24,25,26,32). The van der Waals surface area contributed by atoms with Gasteiger partial charge in [0.25, 0.3) is 5.91 Å². The second kappa shape index (κ2) is 7.25. The molecule has 2 aliphatic rings. The summed E-state index contributed by atoms with van der Waals surface area (Å²) in [6, 6.07) is 4.33. The number of anilines is 4. The van der Waals surface area contributed by atoms with Crippen LogP contribution >= 0.6 is 0 Å².